The molecule has 5 heteroatoms. The van der Waals surface area contributed by atoms with Gasteiger partial charge in [0.1, 0.15) is 17.5 Å². The summed E-state index contributed by atoms with van der Waals surface area (Å²) in [7, 11) is 0. The van der Waals surface area contributed by atoms with E-state index in [4.69, 9.17) is 5.26 Å². The number of hydrogen-bond acceptors (Lipinski definition) is 3. The average molecular weight is 295 g/mol. The highest BCUT2D eigenvalue weighted by Gasteiger charge is 2.09. The molecular formula is C17H14FN3O. The molecular weight excluding hydrogens is 281 g/mol. The number of nitrogens with one attached hydrogen (secondary N) is 2. The lowest BCUT2D eigenvalue weighted by molar-refractivity contribution is -0.112. The molecule has 0 radical (unpaired) electrons. The van der Waals surface area contributed by atoms with Gasteiger partial charge in [-0.1, -0.05) is 29.8 Å². The number of nitrogens with zero attached hydrogens (tertiary/aromatic N) is 1. The van der Waals surface area contributed by atoms with E-state index < -0.39 is 11.7 Å². The first-order valence-corrected chi connectivity index (χ1v) is 6.59. The maximum atomic E-state index is 13.5. The van der Waals surface area contributed by atoms with Gasteiger partial charge in [-0.15, -0.1) is 0 Å². The lowest BCUT2D eigenvalue weighted by Crippen LogP contribution is -2.14. The van der Waals surface area contributed by atoms with Gasteiger partial charge in [0.25, 0.3) is 5.91 Å². The van der Waals surface area contributed by atoms with Crippen LogP contribution in [0.5, 0.6) is 0 Å². The first-order chi connectivity index (χ1) is 10.6. The molecule has 0 aliphatic rings. The van der Waals surface area contributed by atoms with E-state index in [1.165, 1.54) is 18.3 Å². The molecule has 0 heterocycles. The zero-order valence-electron chi connectivity index (χ0n) is 11.9. The Morgan fingerprint density at radius 1 is 1.18 bits per heavy atom. The van der Waals surface area contributed by atoms with Crippen LogP contribution in [0.2, 0.25) is 0 Å². The molecule has 4 nitrogen and oxygen atoms in total. The molecule has 2 rings (SSSR count). The van der Waals surface area contributed by atoms with Crippen LogP contribution >= 0.6 is 0 Å². The van der Waals surface area contributed by atoms with E-state index in [0.717, 1.165) is 5.56 Å². The molecule has 2 aromatic rings. The Bertz CT molecular complexity index is 745. The van der Waals surface area contributed by atoms with E-state index in [1.807, 2.05) is 19.1 Å². The highest BCUT2D eigenvalue weighted by molar-refractivity contribution is 6.06. The topological polar surface area (TPSA) is 64.9 Å². The van der Waals surface area contributed by atoms with Crippen LogP contribution in [0.4, 0.5) is 15.8 Å². The Labute approximate surface area is 127 Å². The van der Waals surface area contributed by atoms with E-state index in [-0.39, 0.29) is 11.3 Å². The monoisotopic (exact) mass is 295 g/mol. The smallest absolute Gasteiger partial charge is 0.267 e. The van der Waals surface area contributed by atoms with Gasteiger partial charge in [0.05, 0.1) is 5.69 Å². The number of carbonyl (C=O) groups is 1. The molecule has 110 valence electrons. The van der Waals surface area contributed by atoms with Crippen LogP contribution in [-0.4, -0.2) is 5.91 Å². The predicted octanol–water partition coefficient (Wildman–Crippen LogP) is 3.59. The van der Waals surface area contributed by atoms with Crippen LogP contribution in [0.3, 0.4) is 0 Å². The van der Waals surface area contributed by atoms with Crippen molar-refractivity contribution in [1.29, 1.82) is 5.26 Å². The van der Waals surface area contributed by atoms with Crippen molar-refractivity contribution in [3.8, 4) is 6.07 Å². The third-order valence-electron chi connectivity index (χ3n) is 2.92. The van der Waals surface area contributed by atoms with Crippen molar-refractivity contribution in [2.24, 2.45) is 0 Å². The SMILES string of the molecule is Cc1ccc(NC(=O)/C(C#N)=C\Nc2ccccc2F)cc1. The minimum atomic E-state index is -0.560. The summed E-state index contributed by atoms with van der Waals surface area (Å²) in [5, 5.41) is 14.3. The van der Waals surface area contributed by atoms with Gasteiger partial charge in [-0.2, -0.15) is 5.26 Å². The summed E-state index contributed by atoms with van der Waals surface area (Å²) >= 11 is 0. The first-order valence-electron chi connectivity index (χ1n) is 6.59. The number of halogens is 1. The molecule has 0 atom stereocenters. The number of benzene rings is 2. The minimum absolute atomic E-state index is 0.149. The Morgan fingerprint density at radius 2 is 1.86 bits per heavy atom. The van der Waals surface area contributed by atoms with Crippen molar-refractivity contribution in [3.05, 3.63) is 71.7 Å². The van der Waals surface area contributed by atoms with Gasteiger partial charge < -0.3 is 10.6 Å². The van der Waals surface area contributed by atoms with Gasteiger partial charge in [0, 0.05) is 11.9 Å². The quantitative estimate of drug-likeness (QED) is 0.669. The summed E-state index contributed by atoms with van der Waals surface area (Å²) in [6, 6.07) is 15.0. The zero-order chi connectivity index (χ0) is 15.9. The van der Waals surface area contributed by atoms with Crippen LogP contribution in [-0.2, 0) is 4.79 Å². The number of para-hydroxylation sites is 1. The molecule has 0 aliphatic carbocycles. The third-order valence-corrected chi connectivity index (χ3v) is 2.92. The summed E-state index contributed by atoms with van der Waals surface area (Å²) in [5.74, 6) is -1.02. The van der Waals surface area contributed by atoms with Crippen molar-refractivity contribution in [3.63, 3.8) is 0 Å². The van der Waals surface area contributed by atoms with Gasteiger partial charge in [-0.25, -0.2) is 4.39 Å². The van der Waals surface area contributed by atoms with E-state index in [0.29, 0.717) is 5.69 Å². The first kappa shape index (κ1) is 15.3. The van der Waals surface area contributed by atoms with Crippen molar-refractivity contribution in [2.75, 3.05) is 10.6 Å². The highest BCUT2D eigenvalue weighted by Crippen LogP contribution is 2.14. The van der Waals surface area contributed by atoms with Crippen molar-refractivity contribution >= 4 is 17.3 Å². The largest absolute Gasteiger partial charge is 0.358 e. The number of anilines is 2. The maximum Gasteiger partial charge on any atom is 0.267 e. The Balaban J connectivity index is 2.09. The normalized spacial score (nSPS) is 10.7. The van der Waals surface area contributed by atoms with Crippen LogP contribution in [0, 0.1) is 24.1 Å². The number of rotatable bonds is 4. The minimum Gasteiger partial charge on any atom is -0.358 e. The molecule has 0 aromatic heterocycles. The highest BCUT2D eigenvalue weighted by atomic mass is 19.1. The molecule has 0 saturated heterocycles. The molecule has 0 spiro atoms. The Kier molecular flexibility index (Phi) is 4.89. The van der Waals surface area contributed by atoms with E-state index in [1.54, 1.807) is 30.3 Å². The van der Waals surface area contributed by atoms with Crippen LogP contribution in [0.15, 0.2) is 60.3 Å². The lowest BCUT2D eigenvalue weighted by atomic mass is 10.2. The van der Waals surface area contributed by atoms with Crippen molar-refractivity contribution in [1.82, 2.24) is 0 Å². The fourth-order valence-electron chi connectivity index (χ4n) is 1.71. The molecule has 2 aromatic carbocycles. The summed E-state index contributed by atoms with van der Waals surface area (Å²) in [5.41, 5.74) is 1.69. The number of aryl methyl sites for hydroxylation is 1. The van der Waals surface area contributed by atoms with Gasteiger partial charge in [0.2, 0.25) is 0 Å². The molecule has 0 unspecified atom stereocenters. The predicted molar refractivity (Wildman–Crippen MR) is 83.5 cm³/mol. The standard InChI is InChI=1S/C17H14FN3O/c1-12-6-8-14(9-7-12)21-17(22)13(10-19)11-20-16-5-3-2-4-15(16)18/h2-9,11,20H,1H3,(H,21,22)/b13-11-. The Morgan fingerprint density at radius 3 is 2.50 bits per heavy atom. The Hall–Kier alpha value is -3.13. The zero-order valence-corrected chi connectivity index (χ0v) is 11.9. The van der Waals surface area contributed by atoms with Crippen molar-refractivity contribution < 1.29 is 9.18 Å². The van der Waals surface area contributed by atoms with E-state index in [2.05, 4.69) is 10.6 Å². The number of hydrogen-bond donors (Lipinski definition) is 2. The second-order valence-electron chi connectivity index (χ2n) is 4.61. The summed E-state index contributed by atoms with van der Waals surface area (Å²) < 4.78 is 13.5. The number of nitriles is 1. The van der Waals surface area contributed by atoms with Gasteiger partial charge in [0.15, 0.2) is 0 Å². The van der Waals surface area contributed by atoms with E-state index >= 15 is 0 Å². The summed E-state index contributed by atoms with van der Waals surface area (Å²) in [4.78, 5) is 12.0. The fourth-order valence-corrected chi connectivity index (χ4v) is 1.71. The molecule has 1 amide bonds. The molecule has 22 heavy (non-hydrogen) atoms. The molecule has 0 aliphatic heterocycles. The molecule has 0 saturated carbocycles. The number of carbonyl (C=O) groups excluding carboxylic acids is 1. The van der Waals surface area contributed by atoms with Crippen molar-refractivity contribution in [2.45, 2.75) is 6.92 Å². The lowest BCUT2D eigenvalue weighted by Gasteiger charge is -2.06. The molecule has 0 fully saturated rings. The van der Waals surface area contributed by atoms with Crippen LogP contribution in [0.25, 0.3) is 0 Å². The summed E-state index contributed by atoms with van der Waals surface area (Å²) in [6.07, 6.45) is 1.18. The molecule has 0 bridgehead atoms. The fraction of sp³-hybridized carbons (Fsp3) is 0.0588. The third kappa shape index (κ3) is 3.93. The summed E-state index contributed by atoms with van der Waals surface area (Å²) in [6.45, 7) is 1.94. The van der Waals surface area contributed by atoms with Crippen LogP contribution in [0.1, 0.15) is 5.56 Å². The maximum absolute atomic E-state index is 13.5. The second kappa shape index (κ2) is 7.04. The second-order valence-corrected chi connectivity index (χ2v) is 4.61. The van der Waals surface area contributed by atoms with E-state index in [9.17, 15) is 9.18 Å². The van der Waals surface area contributed by atoms with Gasteiger partial charge >= 0.3 is 0 Å². The van der Waals surface area contributed by atoms with Gasteiger partial charge in [-0.05, 0) is 31.2 Å². The average Bonchev–Trinajstić information content (AvgIpc) is 2.52. The van der Waals surface area contributed by atoms with Crippen LogP contribution < -0.4 is 10.6 Å². The molecule has 2 N–H and O–H groups in total. The van der Waals surface area contributed by atoms with Gasteiger partial charge in [-0.3, -0.25) is 4.79 Å². The number of amides is 1.